The van der Waals surface area contributed by atoms with E-state index < -0.39 is 0 Å². The largest absolute Gasteiger partial charge is 0.423 e. The summed E-state index contributed by atoms with van der Waals surface area (Å²) in [5.41, 5.74) is 6.27. The van der Waals surface area contributed by atoms with E-state index in [0.717, 1.165) is 5.56 Å². The van der Waals surface area contributed by atoms with Crippen LogP contribution in [0.2, 0.25) is 5.02 Å². The lowest BCUT2D eigenvalue weighted by atomic mass is 10.3. The maximum absolute atomic E-state index is 5.76. The highest BCUT2D eigenvalue weighted by Gasteiger charge is 2.01. The molecule has 0 aliphatic carbocycles. The standard InChI is InChI=1S/C10H9ClN4O/c11-8-1-9(6-13-5-8)16-10-14-3-7(2-12)4-15-10/h1,3-6H,2,12H2. The topological polar surface area (TPSA) is 73.9 Å². The Hall–Kier alpha value is -1.72. The van der Waals surface area contributed by atoms with Crippen LogP contribution in [0.4, 0.5) is 0 Å². The summed E-state index contributed by atoms with van der Waals surface area (Å²) in [7, 11) is 0. The zero-order valence-corrected chi connectivity index (χ0v) is 9.05. The van der Waals surface area contributed by atoms with Gasteiger partial charge in [-0.2, -0.15) is 0 Å². The van der Waals surface area contributed by atoms with Gasteiger partial charge in [0.05, 0.1) is 11.2 Å². The molecule has 0 fully saturated rings. The maximum Gasteiger partial charge on any atom is 0.321 e. The molecular weight excluding hydrogens is 228 g/mol. The van der Waals surface area contributed by atoms with Gasteiger partial charge < -0.3 is 10.5 Å². The minimum Gasteiger partial charge on any atom is -0.423 e. The van der Waals surface area contributed by atoms with Gasteiger partial charge in [0.25, 0.3) is 0 Å². The average Bonchev–Trinajstić information content (AvgIpc) is 2.30. The first-order valence-corrected chi connectivity index (χ1v) is 4.95. The lowest BCUT2D eigenvalue weighted by Gasteiger charge is -2.03. The van der Waals surface area contributed by atoms with Crippen LogP contribution in [0.25, 0.3) is 0 Å². The van der Waals surface area contributed by atoms with Crippen LogP contribution in [-0.2, 0) is 6.54 Å². The Bertz CT molecular complexity index is 475. The Morgan fingerprint density at radius 1 is 1.19 bits per heavy atom. The van der Waals surface area contributed by atoms with Crippen molar-refractivity contribution in [3.05, 3.63) is 41.4 Å². The van der Waals surface area contributed by atoms with Gasteiger partial charge in [0.1, 0.15) is 0 Å². The summed E-state index contributed by atoms with van der Waals surface area (Å²) >= 11 is 5.76. The van der Waals surface area contributed by atoms with Crippen molar-refractivity contribution in [3.63, 3.8) is 0 Å². The van der Waals surface area contributed by atoms with Gasteiger partial charge in [-0.15, -0.1) is 0 Å². The molecule has 0 bridgehead atoms. The van der Waals surface area contributed by atoms with E-state index in [1.165, 1.54) is 12.4 Å². The highest BCUT2D eigenvalue weighted by molar-refractivity contribution is 6.30. The van der Waals surface area contributed by atoms with Crippen LogP contribution in [0.15, 0.2) is 30.9 Å². The smallest absolute Gasteiger partial charge is 0.321 e. The second-order valence-electron chi connectivity index (χ2n) is 3.02. The number of halogens is 1. The first-order chi connectivity index (χ1) is 7.78. The van der Waals surface area contributed by atoms with Crippen molar-refractivity contribution in [1.82, 2.24) is 15.0 Å². The van der Waals surface area contributed by atoms with Gasteiger partial charge in [-0.05, 0) is 0 Å². The van der Waals surface area contributed by atoms with Crippen LogP contribution in [0.3, 0.4) is 0 Å². The zero-order chi connectivity index (χ0) is 11.4. The van der Waals surface area contributed by atoms with Crippen molar-refractivity contribution in [3.8, 4) is 11.8 Å². The van der Waals surface area contributed by atoms with Crippen LogP contribution in [-0.4, -0.2) is 15.0 Å². The average molecular weight is 237 g/mol. The summed E-state index contributed by atoms with van der Waals surface area (Å²) in [4.78, 5) is 11.9. The van der Waals surface area contributed by atoms with Crippen molar-refractivity contribution in [2.45, 2.75) is 6.54 Å². The molecule has 0 radical (unpaired) electrons. The molecule has 0 saturated carbocycles. The molecule has 0 atom stereocenters. The Balaban J connectivity index is 2.14. The Morgan fingerprint density at radius 3 is 2.56 bits per heavy atom. The Morgan fingerprint density at radius 2 is 1.94 bits per heavy atom. The van der Waals surface area contributed by atoms with Crippen LogP contribution in [0.1, 0.15) is 5.56 Å². The Labute approximate surface area is 97.3 Å². The van der Waals surface area contributed by atoms with E-state index in [2.05, 4.69) is 15.0 Å². The second-order valence-corrected chi connectivity index (χ2v) is 3.46. The summed E-state index contributed by atoms with van der Waals surface area (Å²) < 4.78 is 5.35. The molecule has 5 nitrogen and oxygen atoms in total. The normalized spacial score (nSPS) is 10.1. The fourth-order valence-electron chi connectivity index (χ4n) is 1.05. The molecule has 0 amide bonds. The lowest BCUT2D eigenvalue weighted by molar-refractivity contribution is 0.439. The number of nitrogens with zero attached hydrogens (tertiary/aromatic N) is 3. The molecule has 0 aromatic carbocycles. The predicted octanol–water partition coefficient (Wildman–Crippen LogP) is 1.78. The molecule has 0 saturated heterocycles. The molecule has 2 aromatic rings. The van der Waals surface area contributed by atoms with Crippen molar-refractivity contribution in [2.24, 2.45) is 5.73 Å². The number of hydrogen-bond donors (Lipinski definition) is 1. The molecule has 0 aliphatic heterocycles. The molecule has 0 aliphatic rings. The third-order valence-electron chi connectivity index (χ3n) is 1.81. The highest BCUT2D eigenvalue weighted by Crippen LogP contribution is 2.19. The van der Waals surface area contributed by atoms with Gasteiger partial charge in [0.15, 0.2) is 5.75 Å². The maximum atomic E-state index is 5.76. The van der Waals surface area contributed by atoms with Crippen LogP contribution in [0.5, 0.6) is 11.8 Å². The minimum atomic E-state index is 0.237. The Kier molecular flexibility index (Phi) is 3.28. The number of rotatable bonds is 3. The van der Waals surface area contributed by atoms with Crippen LogP contribution >= 0.6 is 11.6 Å². The van der Waals surface area contributed by atoms with E-state index in [1.807, 2.05) is 0 Å². The van der Waals surface area contributed by atoms with E-state index >= 15 is 0 Å². The number of nitrogens with two attached hydrogens (primary N) is 1. The number of aromatic nitrogens is 3. The SMILES string of the molecule is NCc1cnc(Oc2cncc(Cl)c2)nc1. The molecule has 2 heterocycles. The third kappa shape index (κ3) is 2.65. The summed E-state index contributed by atoms with van der Waals surface area (Å²) in [5, 5.41) is 0.496. The van der Waals surface area contributed by atoms with Crippen molar-refractivity contribution in [1.29, 1.82) is 0 Å². The summed E-state index contributed by atoms with van der Waals surface area (Å²) in [6.07, 6.45) is 6.28. The summed E-state index contributed by atoms with van der Waals surface area (Å²) in [6.45, 7) is 0.402. The van der Waals surface area contributed by atoms with E-state index in [9.17, 15) is 0 Å². The van der Waals surface area contributed by atoms with Gasteiger partial charge in [-0.25, -0.2) is 9.97 Å². The third-order valence-corrected chi connectivity index (χ3v) is 2.01. The zero-order valence-electron chi connectivity index (χ0n) is 8.30. The van der Waals surface area contributed by atoms with E-state index in [0.29, 0.717) is 17.3 Å². The van der Waals surface area contributed by atoms with Crippen molar-refractivity contribution in [2.75, 3.05) is 0 Å². The molecule has 16 heavy (non-hydrogen) atoms. The molecule has 82 valence electrons. The van der Waals surface area contributed by atoms with Crippen molar-refractivity contribution < 1.29 is 4.74 Å². The van der Waals surface area contributed by atoms with E-state index in [1.54, 1.807) is 18.5 Å². The van der Waals surface area contributed by atoms with Gasteiger partial charge >= 0.3 is 6.01 Å². The second kappa shape index (κ2) is 4.87. The van der Waals surface area contributed by atoms with Crippen LogP contribution < -0.4 is 10.5 Å². The monoisotopic (exact) mass is 236 g/mol. The number of hydrogen-bond acceptors (Lipinski definition) is 5. The molecule has 2 aromatic heterocycles. The van der Waals surface area contributed by atoms with Gasteiger partial charge in [0, 0.05) is 36.8 Å². The van der Waals surface area contributed by atoms with E-state index in [4.69, 9.17) is 22.1 Å². The molecular formula is C10H9ClN4O. The number of ether oxygens (including phenoxy) is 1. The predicted molar refractivity (Wildman–Crippen MR) is 59.2 cm³/mol. The minimum absolute atomic E-state index is 0.237. The van der Waals surface area contributed by atoms with Gasteiger partial charge in [-0.1, -0.05) is 11.6 Å². The molecule has 2 N–H and O–H groups in total. The first kappa shape index (κ1) is 10.8. The van der Waals surface area contributed by atoms with Gasteiger partial charge in [-0.3, -0.25) is 4.98 Å². The van der Waals surface area contributed by atoms with E-state index in [-0.39, 0.29) is 6.01 Å². The quantitative estimate of drug-likeness (QED) is 0.879. The molecule has 0 spiro atoms. The molecule has 2 rings (SSSR count). The first-order valence-electron chi connectivity index (χ1n) is 4.57. The number of pyridine rings is 1. The lowest BCUT2D eigenvalue weighted by Crippen LogP contribution is -1.99. The van der Waals surface area contributed by atoms with Crippen LogP contribution in [0, 0.1) is 0 Å². The fourth-order valence-corrected chi connectivity index (χ4v) is 1.22. The van der Waals surface area contributed by atoms with Crippen molar-refractivity contribution >= 4 is 11.6 Å². The summed E-state index contributed by atoms with van der Waals surface area (Å²) in [5.74, 6) is 0.494. The molecule has 6 heteroatoms. The summed E-state index contributed by atoms with van der Waals surface area (Å²) in [6, 6.07) is 1.87. The highest BCUT2D eigenvalue weighted by atomic mass is 35.5. The van der Waals surface area contributed by atoms with Gasteiger partial charge in [0.2, 0.25) is 0 Å². The molecule has 0 unspecified atom stereocenters. The fraction of sp³-hybridized carbons (Fsp3) is 0.100.